The van der Waals surface area contributed by atoms with E-state index in [-0.39, 0.29) is 24.1 Å². The van der Waals surface area contributed by atoms with Gasteiger partial charge in [0.1, 0.15) is 18.9 Å². The van der Waals surface area contributed by atoms with E-state index in [2.05, 4.69) is 5.32 Å². The van der Waals surface area contributed by atoms with Crippen LogP contribution in [0.2, 0.25) is 0 Å². The van der Waals surface area contributed by atoms with Crippen molar-refractivity contribution in [1.82, 2.24) is 5.32 Å². The number of ether oxygens (including phenoxy) is 1. The molecule has 1 atom stereocenters. The summed E-state index contributed by atoms with van der Waals surface area (Å²) in [7, 11) is -3.90. The predicted molar refractivity (Wildman–Crippen MR) is 122 cm³/mol. The Kier molecular flexibility index (Phi) is 7.31. The maximum atomic E-state index is 13.2. The molecule has 3 aromatic rings. The van der Waals surface area contributed by atoms with Crippen LogP contribution in [0.4, 0.5) is 5.69 Å². The van der Waals surface area contributed by atoms with Crippen molar-refractivity contribution in [2.45, 2.75) is 24.8 Å². The second kappa shape index (κ2) is 10.1. The molecule has 1 N–H and O–H groups in total. The molecule has 0 aromatic heterocycles. The summed E-state index contributed by atoms with van der Waals surface area (Å²) in [5, 5.41) is 2.82. The van der Waals surface area contributed by atoms with Crippen molar-refractivity contribution in [3.63, 3.8) is 0 Å². The van der Waals surface area contributed by atoms with Crippen LogP contribution in [0.15, 0.2) is 89.8 Å². The van der Waals surface area contributed by atoms with Gasteiger partial charge in [-0.1, -0.05) is 54.1 Å². The van der Waals surface area contributed by atoms with E-state index in [0.29, 0.717) is 11.4 Å². The molecule has 0 fully saturated rings. The van der Waals surface area contributed by atoms with Gasteiger partial charge in [0.2, 0.25) is 5.91 Å². The smallest absolute Gasteiger partial charge is 0.264 e. The number of hydrogen-bond acceptors (Lipinski definition) is 4. The Labute approximate surface area is 183 Å². The van der Waals surface area contributed by atoms with E-state index in [1.165, 1.54) is 12.1 Å². The van der Waals surface area contributed by atoms with Crippen LogP contribution in [-0.4, -0.2) is 33.5 Å². The van der Waals surface area contributed by atoms with Crippen molar-refractivity contribution >= 4 is 21.6 Å². The Morgan fingerprint density at radius 1 is 0.935 bits per heavy atom. The van der Waals surface area contributed by atoms with E-state index >= 15 is 0 Å². The SMILES string of the molecule is Cc1ccc(OC[C@@H](C)NC(=O)CN(c2ccccc2)S(=O)(=O)c2ccccc2)cc1. The number of nitrogens with zero attached hydrogens (tertiary/aromatic N) is 1. The highest BCUT2D eigenvalue weighted by molar-refractivity contribution is 7.92. The zero-order valence-electron chi connectivity index (χ0n) is 17.6. The molecule has 0 aliphatic rings. The van der Waals surface area contributed by atoms with Gasteiger partial charge in [0.05, 0.1) is 16.6 Å². The van der Waals surface area contributed by atoms with Gasteiger partial charge >= 0.3 is 0 Å². The fourth-order valence-corrected chi connectivity index (χ4v) is 4.42. The van der Waals surface area contributed by atoms with Crippen LogP contribution in [-0.2, 0) is 14.8 Å². The lowest BCUT2D eigenvalue weighted by atomic mass is 10.2. The number of para-hydroxylation sites is 1. The Hall–Kier alpha value is -3.32. The molecule has 7 heteroatoms. The molecule has 6 nitrogen and oxygen atoms in total. The third kappa shape index (κ3) is 6.08. The molecular weight excluding hydrogens is 412 g/mol. The molecule has 0 saturated carbocycles. The third-order valence-electron chi connectivity index (χ3n) is 4.59. The monoisotopic (exact) mass is 438 g/mol. The van der Waals surface area contributed by atoms with Crippen LogP contribution in [0.25, 0.3) is 0 Å². The first-order valence-corrected chi connectivity index (χ1v) is 11.4. The van der Waals surface area contributed by atoms with Crippen LogP contribution in [0.5, 0.6) is 5.75 Å². The maximum Gasteiger partial charge on any atom is 0.264 e. The lowest BCUT2D eigenvalue weighted by molar-refractivity contribution is -0.120. The highest BCUT2D eigenvalue weighted by Crippen LogP contribution is 2.23. The summed E-state index contributed by atoms with van der Waals surface area (Å²) in [4.78, 5) is 12.8. The minimum atomic E-state index is -3.90. The summed E-state index contributed by atoms with van der Waals surface area (Å²) in [6.07, 6.45) is 0. The van der Waals surface area contributed by atoms with Crippen LogP contribution >= 0.6 is 0 Å². The first-order chi connectivity index (χ1) is 14.9. The van der Waals surface area contributed by atoms with Gasteiger partial charge in [0.25, 0.3) is 10.0 Å². The van der Waals surface area contributed by atoms with Crippen LogP contribution < -0.4 is 14.4 Å². The number of nitrogens with one attached hydrogen (secondary N) is 1. The van der Waals surface area contributed by atoms with Crippen molar-refractivity contribution in [2.24, 2.45) is 0 Å². The second-order valence-electron chi connectivity index (χ2n) is 7.25. The number of anilines is 1. The summed E-state index contributed by atoms with van der Waals surface area (Å²) >= 11 is 0. The topological polar surface area (TPSA) is 75.7 Å². The van der Waals surface area contributed by atoms with E-state index < -0.39 is 15.9 Å². The van der Waals surface area contributed by atoms with Gasteiger partial charge in [-0.2, -0.15) is 0 Å². The summed E-state index contributed by atoms with van der Waals surface area (Å²) in [6.45, 7) is 3.74. The van der Waals surface area contributed by atoms with E-state index in [9.17, 15) is 13.2 Å². The normalized spacial score (nSPS) is 12.1. The van der Waals surface area contributed by atoms with Crippen molar-refractivity contribution < 1.29 is 17.9 Å². The minimum Gasteiger partial charge on any atom is -0.491 e. The number of carbonyl (C=O) groups excluding carboxylic acids is 1. The highest BCUT2D eigenvalue weighted by atomic mass is 32.2. The predicted octanol–water partition coefficient (Wildman–Crippen LogP) is 3.77. The molecule has 0 bridgehead atoms. The summed E-state index contributed by atoms with van der Waals surface area (Å²) < 4.78 is 33.2. The number of sulfonamides is 1. The second-order valence-corrected chi connectivity index (χ2v) is 9.12. The maximum absolute atomic E-state index is 13.2. The van der Waals surface area contributed by atoms with Crippen molar-refractivity contribution in [1.29, 1.82) is 0 Å². The van der Waals surface area contributed by atoms with Gasteiger partial charge in [-0.15, -0.1) is 0 Å². The van der Waals surface area contributed by atoms with Crippen LogP contribution in [0.3, 0.4) is 0 Å². The summed E-state index contributed by atoms with van der Waals surface area (Å²) in [6, 6.07) is 24.0. The van der Waals surface area contributed by atoms with E-state index in [0.717, 1.165) is 9.87 Å². The van der Waals surface area contributed by atoms with Crippen molar-refractivity contribution in [3.8, 4) is 5.75 Å². The first-order valence-electron chi connectivity index (χ1n) is 9.98. The van der Waals surface area contributed by atoms with E-state index in [1.54, 1.807) is 48.5 Å². The number of carbonyl (C=O) groups is 1. The molecule has 0 aliphatic heterocycles. The molecule has 0 radical (unpaired) electrons. The summed E-state index contributed by atoms with van der Waals surface area (Å²) in [5.41, 5.74) is 1.55. The number of amides is 1. The van der Waals surface area contributed by atoms with E-state index in [1.807, 2.05) is 38.1 Å². The number of rotatable bonds is 9. The number of aryl methyl sites for hydroxylation is 1. The minimum absolute atomic E-state index is 0.127. The van der Waals surface area contributed by atoms with Gasteiger partial charge < -0.3 is 10.1 Å². The van der Waals surface area contributed by atoms with E-state index in [4.69, 9.17) is 4.74 Å². The Bertz CT molecular complexity index is 1090. The molecule has 3 aromatic carbocycles. The first kappa shape index (κ1) is 22.4. The molecule has 0 unspecified atom stereocenters. The lowest BCUT2D eigenvalue weighted by Gasteiger charge is -2.25. The number of benzene rings is 3. The highest BCUT2D eigenvalue weighted by Gasteiger charge is 2.27. The Morgan fingerprint density at radius 2 is 1.52 bits per heavy atom. The molecule has 31 heavy (non-hydrogen) atoms. The quantitative estimate of drug-likeness (QED) is 0.552. The summed E-state index contributed by atoms with van der Waals surface area (Å²) in [5.74, 6) is 0.299. The zero-order valence-corrected chi connectivity index (χ0v) is 18.4. The average Bonchev–Trinajstić information content (AvgIpc) is 2.78. The Morgan fingerprint density at radius 3 is 2.13 bits per heavy atom. The van der Waals surface area contributed by atoms with Crippen molar-refractivity contribution in [2.75, 3.05) is 17.5 Å². The molecule has 0 aliphatic carbocycles. The third-order valence-corrected chi connectivity index (χ3v) is 6.38. The fraction of sp³-hybridized carbons (Fsp3) is 0.208. The van der Waals surface area contributed by atoms with Gasteiger partial charge in [0, 0.05) is 0 Å². The van der Waals surface area contributed by atoms with Gasteiger partial charge in [-0.05, 0) is 50.2 Å². The molecule has 0 spiro atoms. The molecule has 3 rings (SSSR count). The van der Waals surface area contributed by atoms with Gasteiger partial charge in [0.15, 0.2) is 0 Å². The molecule has 162 valence electrons. The molecule has 1 amide bonds. The zero-order chi connectivity index (χ0) is 22.3. The molecule has 0 saturated heterocycles. The number of hydrogen-bond donors (Lipinski definition) is 1. The van der Waals surface area contributed by atoms with Gasteiger partial charge in [-0.3, -0.25) is 9.10 Å². The largest absolute Gasteiger partial charge is 0.491 e. The standard InChI is InChI=1S/C24H26N2O4S/c1-19-13-15-22(16-14-19)30-18-20(2)25-24(27)17-26(21-9-5-3-6-10-21)31(28,29)23-11-7-4-8-12-23/h3-16,20H,17-18H2,1-2H3,(H,25,27)/t20-/m1/s1. The molecule has 0 heterocycles. The average molecular weight is 439 g/mol. The fourth-order valence-electron chi connectivity index (χ4n) is 2.98. The lowest BCUT2D eigenvalue weighted by Crippen LogP contribution is -2.45. The Balaban J connectivity index is 1.69. The molecular formula is C24H26N2O4S. The van der Waals surface area contributed by atoms with Crippen LogP contribution in [0, 0.1) is 6.92 Å². The van der Waals surface area contributed by atoms with Crippen molar-refractivity contribution in [3.05, 3.63) is 90.5 Å². The van der Waals surface area contributed by atoms with Gasteiger partial charge in [-0.25, -0.2) is 8.42 Å². The van der Waals surface area contributed by atoms with Crippen LogP contribution in [0.1, 0.15) is 12.5 Å².